The van der Waals surface area contributed by atoms with E-state index in [0.29, 0.717) is 41.8 Å². The van der Waals surface area contributed by atoms with Crippen LogP contribution in [0.2, 0.25) is 0 Å². The van der Waals surface area contributed by atoms with E-state index >= 15 is 0 Å². The molecule has 40 heavy (non-hydrogen) atoms. The number of halogens is 3. The van der Waals surface area contributed by atoms with Crippen LogP contribution >= 0.6 is 0 Å². The lowest BCUT2D eigenvalue weighted by Crippen LogP contribution is -2.35. The largest absolute Gasteiger partial charge is 0.416 e. The zero-order valence-electron chi connectivity index (χ0n) is 22.2. The predicted molar refractivity (Wildman–Crippen MR) is 147 cm³/mol. The van der Waals surface area contributed by atoms with Gasteiger partial charge in [-0.05, 0) is 77.8 Å². The molecule has 0 bridgehead atoms. The number of carbonyl (C=O) groups excluding carboxylic acids is 2. The molecule has 0 radical (unpaired) electrons. The van der Waals surface area contributed by atoms with E-state index in [9.17, 15) is 22.8 Å². The molecule has 1 saturated carbocycles. The number of hydrogen-bond acceptors (Lipinski definition) is 4. The summed E-state index contributed by atoms with van der Waals surface area (Å²) in [4.78, 5) is 31.5. The Morgan fingerprint density at radius 2 is 1.82 bits per heavy atom. The van der Waals surface area contributed by atoms with Crippen LogP contribution in [0.25, 0.3) is 16.7 Å². The number of aromatic nitrogens is 1. The quantitative estimate of drug-likeness (QED) is 0.394. The lowest BCUT2D eigenvalue weighted by atomic mass is 9.95. The number of rotatable bonds is 7. The molecule has 2 aromatic carbocycles. The summed E-state index contributed by atoms with van der Waals surface area (Å²) < 4.78 is 39.8. The maximum atomic E-state index is 13.3. The third kappa shape index (κ3) is 6.09. The highest BCUT2D eigenvalue weighted by Gasteiger charge is 2.34. The van der Waals surface area contributed by atoms with E-state index in [1.54, 1.807) is 30.5 Å². The molecular weight excluding hydrogens is 517 g/mol. The number of nitrogens with two attached hydrogens (primary N) is 1. The average molecular weight is 549 g/mol. The Kier molecular flexibility index (Phi) is 7.76. The van der Waals surface area contributed by atoms with Gasteiger partial charge in [-0.25, -0.2) is 0 Å². The van der Waals surface area contributed by atoms with Crippen molar-refractivity contribution >= 4 is 17.4 Å². The van der Waals surface area contributed by atoms with Gasteiger partial charge in [0.25, 0.3) is 5.91 Å². The minimum atomic E-state index is -4.45. The summed E-state index contributed by atoms with van der Waals surface area (Å²) >= 11 is 0. The molecule has 1 aliphatic carbocycles. The molecule has 0 spiro atoms. The van der Waals surface area contributed by atoms with E-state index in [0.717, 1.165) is 41.7 Å². The SMILES string of the molecule is CC(NC(=O)c1cncc(C2=CCN(C(=O)C3CC3)CC2)c1)c1ccc(-c2cc(C(F)(F)F)ccc2CN)cc1. The molecule has 1 unspecified atom stereocenters. The van der Waals surface area contributed by atoms with Crippen LogP contribution in [-0.4, -0.2) is 34.8 Å². The van der Waals surface area contributed by atoms with E-state index in [1.165, 1.54) is 12.3 Å². The highest BCUT2D eigenvalue weighted by molar-refractivity contribution is 5.95. The van der Waals surface area contributed by atoms with Gasteiger partial charge in [-0.2, -0.15) is 13.2 Å². The highest BCUT2D eigenvalue weighted by atomic mass is 19.4. The molecule has 2 aliphatic rings. The van der Waals surface area contributed by atoms with Crippen molar-refractivity contribution in [1.82, 2.24) is 15.2 Å². The zero-order valence-corrected chi connectivity index (χ0v) is 22.2. The van der Waals surface area contributed by atoms with Gasteiger partial charge < -0.3 is 16.0 Å². The van der Waals surface area contributed by atoms with E-state index in [1.807, 2.05) is 24.0 Å². The molecule has 1 fully saturated rings. The third-order valence-corrected chi connectivity index (χ3v) is 7.55. The second-order valence-electron chi connectivity index (χ2n) is 10.4. The van der Waals surface area contributed by atoms with Crippen molar-refractivity contribution in [2.24, 2.45) is 11.7 Å². The van der Waals surface area contributed by atoms with Crippen molar-refractivity contribution in [3.63, 3.8) is 0 Å². The number of carbonyl (C=O) groups is 2. The van der Waals surface area contributed by atoms with Gasteiger partial charge in [-0.15, -0.1) is 0 Å². The molecule has 6 nitrogen and oxygen atoms in total. The van der Waals surface area contributed by atoms with E-state index in [4.69, 9.17) is 5.73 Å². The fourth-order valence-corrected chi connectivity index (χ4v) is 4.97. The second-order valence-corrected chi connectivity index (χ2v) is 10.4. The summed E-state index contributed by atoms with van der Waals surface area (Å²) in [7, 11) is 0. The van der Waals surface area contributed by atoms with Crippen LogP contribution in [0.5, 0.6) is 0 Å². The monoisotopic (exact) mass is 548 g/mol. The van der Waals surface area contributed by atoms with Crippen LogP contribution in [0.15, 0.2) is 67.0 Å². The summed E-state index contributed by atoms with van der Waals surface area (Å²) in [5.74, 6) is 0.153. The first-order valence-corrected chi connectivity index (χ1v) is 13.4. The Morgan fingerprint density at radius 3 is 2.45 bits per heavy atom. The van der Waals surface area contributed by atoms with Crippen LogP contribution < -0.4 is 11.1 Å². The maximum absolute atomic E-state index is 13.3. The summed E-state index contributed by atoms with van der Waals surface area (Å²) in [6.45, 7) is 3.19. The molecule has 1 aliphatic heterocycles. The minimum absolute atomic E-state index is 0.114. The molecule has 2 amide bonds. The van der Waals surface area contributed by atoms with Crippen molar-refractivity contribution in [2.75, 3.05) is 13.1 Å². The Labute approximate surface area is 231 Å². The minimum Gasteiger partial charge on any atom is -0.345 e. The van der Waals surface area contributed by atoms with E-state index < -0.39 is 11.7 Å². The lowest BCUT2D eigenvalue weighted by molar-refractivity contribution is -0.137. The smallest absolute Gasteiger partial charge is 0.345 e. The van der Waals surface area contributed by atoms with Crippen LogP contribution in [0, 0.1) is 5.92 Å². The number of benzene rings is 2. The number of hydrogen-bond donors (Lipinski definition) is 2. The molecule has 1 atom stereocenters. The Bertz CT molecular complexity index is 1450. The topological polar surface area (TPSA) is 88.3 Å². The van der Waals surface area contributed by atoms with Crippen molar-refractivity contribution in [2.45, 2.75) is 44.9 Å². The van der Waals surface area contributed by atoms with E-state index in [2.05, 4.69) is 10.3 Å². The summed E-state index contributed by atoms with van der Waals surface area (Å²) in [6, 6.07) is 12.1. The number of pyridine rings is 1. The molecule has 208 valence electrons. The summed E-state index contributed by atoms with van der Waals surface area (Å²) in [5.41, 5.74) is 9.86. The number of nitrogens with zero attached hydrogens (tertiary/aromatic N) is 2. The van der Waals surface area contributed by atoms with Crippen LogP contribution in [-0.2, 0) is 17.5 Å². The molecule has 3 N–H and O–H groups in total. The predicted octanol–water partition coefficient (Wildman–Crippen LogP) is 5.74. The lowest BCUT2D eigenvalue weighted by Gasteiger charge is -2.26. The van der Waals surface area contributed by atoms with Gasteiger partial charge in [-0.1, -0.05) is 36.4 Å². The van der Waals surface area contributed by atoms with Crippen molar-refractivity contribution in [3.8, 4) is 11.1 Å². The molecule has 1 aromatic heterocycles. The normalized spacial score (nSPS) is 16.3. The first kappa shape index (κ1) is 27.6. The van der Waals surface area contributed by atoms with Crippen molar-refractivity contribution in [3.05, 3.63) is 94.8 Å². The summed E-state index contributed by atoms with van der Waals surface area (Å²) in [6.07, 6.45) is 3.52. The first-order chi connectivity index (χ1) is 19.1. The molecule has 3 aromatic rings. The van der Waals surface area contributed by atoms with Crippen LogP contribution in [0.1, 0.15) is 64.8 Å². The van der Waals surface area contributed by atoms with Crippen molar-refractivity contribution < 1.29 is 22.8 Å². The number of nitrogens with one attached hydrogen (secondary N) is 1. The highest BCUT2D eigenvalue weighted by Crippen LogP contribution is 2.35. The summed E-state index contributed by atoms with van der Waals surface area (Å²) in [5, 5.41) is 2.97. The molecule has 5 rings (SSSR count). The maximum Gasteiger partial charge on any atom is 0.416 e. The number of amides is 2. The molecular formula is C31H31F3N4O2. The Morgan fingerprint density at radius 1 is 1.07 bits per heavy atom. The van der Waals surface area contributed by atoms with Crippen molar-refractivity contribution in [1.29, 1.82) is 0 Å². The fraction of sp³-hybridized carbons (Fsp3) is 0.323. The first-order valence-electron chi connectivity index (χ1n) is 13.4. The van der Waals surface area contributed by atoms with Gasteiger partial charge in [0.2, 0.25) is 5.91 Å². The molecule has 9 heteroatoms. The van der Waals surface area contributed by atoms with Gasteiger partial charge >= 0.3 is 6.18 Å². The zero-order chi connectivity index (χ0) is 28.4. The molecule has 0 saturated heterocycles. The van der Waals surface area contributed by atoms with Gasteiger partial charge in [0.15, 0.2) is 0 Å². The third-order valence-electron chi connectivity index (χ3n) is 7.55. The van der Waals surface area contributed by atoms with Gasteiger partial charge in [0.1, 0.15) is 0 Å². The standard InChI is InChI=1S/C31H31F3N4O2/c1-19(20-2-4-22(5-3-20)28-15-27(31(32,33)34)9-8-24(28)16-35)37-29(39)26-14-25(17-36-18-26)21-10-12-38(13-11-21)30(40)23-6-7-23/h2-5,8-10,14-15,17-19,23H,6-7,11-13,16,35H2,1H3,(H,37,39). The molecule has 2 heterocycles. The van der Waals surface area contributed by atoms with Gasteiger partial charge in [-0.3, -0.25) is 14.6 Å². The average Bonchev–Trinajstić information content (AvgIpc) is 3.82. The fourth-order valence-electron chi connectivity index (χ4n) is 4.97. The van der Waals surface area contributed by atoms with Gasteiger partial charge in [0, 0.05) is 37.9 Å². The Balaban J connectivity index is 1.26. The van der Waals surface area contributed by atoms with Crippen LogP contribution in [0.4, 0.5) is 13.2 Å². The Hall–Kier alpha value is -3.98. The van der Waals surface area contributed by atoms with Gasteiger partial charge in [0.05, 0.1) is 17.2 Å². The second kappa shape index (κ2) is 11.3. The van der Waals surface area contributed by atoms with Crippen LogP contribution in [0.3, 0.4) is 0 Å². The van der Waals surface area contributed by atoms with E-state index in [-0.39, 0.29) is 30.3 Å². The number of alkyl halides is 3.